The van der Waals surface area contributed by atoms with Crippen molar-refractivity contribution in [2.75, 3.05) is 36.5 Å². The van der Waals surface area contributed by atoms with Crippen LogP contribution >= 0.6 is 0 Å². The lowest BCUT2D eigenvalue weighted by atomic mass is 9.96. The summed E-state index contributed by atoms with van der Waals surface area (Å²) in [5.41, 5.74) is 5.08. The highest BCUT2D eigenvalue weighted by molar-refractivity contribution is 5.69. The molecule has 184 valence electrons. The minimum absolute atomic E-state index is 0.181. The van der Waals surface area contributed by atoms with Crippen LogP contribution < -0.4 is 15.0 Å². The van der Waals surface area contributed by atoms with E-state index in [1.54, 1.807) is 13.0 Å². The van der Waals surface area contributed by atoms with E-state index in [1.165, 1.54) is 22.9 Å². The van der Waals surface area contributed by atoms with Gasteiger partial charge in [0, 0.05) is 30.9 Å². The van der Waals surface area contributed by atoms with Gasteiger partial charge in [0.15, 0.2) is 0 Å². The summed E-state index contributed by atoms with van der Waals surface area (Å²) in [5.74, 6) is 0.282. The molecule has 3 aromatic rings. The van der Waals surface area contributed by atoms with Gasteiger partial charge >= 0.3 is 5.97 Å². The molecule has 0 aromatic heterocycles. The molecule has 0 bridgehead atoms. The molecule has 4 rings (SSSR count). The Morgan fingerprint density at radius 1 is 1.06 bits per heavy atom. The summed E-state index contributed by atoms with van der Waals surface area (Å²) >= 11 is 0. The molecule has 1 heterocycles. The molecule has 1 aliphatic rings. The van der Waals surface area contributed by atoms with Crippen LogP contribution in [0.1, 0.15) is 36.5 Å². The van der Waals surface area contributed by atoms with Crippen LogP contribution in [-0.4, -0.2) is 32.3 Å². The molecule has 6 heteroatoms. The lowest BCUT2D eigenvalue weighted by molar-refractivity contribution is -0.143. The SMILES string of the molecule is CCOC(=O)CCc1ccc(NCc2cccc3c2CCCN3CCOc2ccccc2)cc1F. The molecule has 5 nitrogen and oxygen atoms in total. The molecule has 1 N–H and O–H groups in total. The zero-order valence-electron chi connectivity index (χ0n) is 20.3. The van der Waals surface area contributed by atoms with Crippen molar-refractivity contribution in [2.24, 2.45) is 0 Å². The van der Waals surface area contributed by atoms with E-state index >= 15 is 0 Å². The molecule has 35 heavy (non-hydrogen) atoms. The Kier molecular flexibility index (Phi) is 8.60. The van der Waals surface area contributed by atoms with Crippen LogP contribution in [0.4, 0.5) is 15.8 Å². The van der Waals surface area contributed by atoms with E-state index in [1.807, 2.05) is 36.4 Å². The minimum atomic E-state index is -0.306. The second kappa shape index (κ2) is 12.2. The number of esters is 1. The van der Waals surface area contributed by atoms with Gasteiger partial charge in [-0.25, -0.2) is 4.39 Å². The summed E-state index contributed by atoms with van der Waals surface area (Å²) in [6, 6.07) is 21.4. The number of nitrogens with one attached hydrogen (secondary N) is 1. The van der Waals surface area contributed by atoms with Gasteiger partial charge in [-0.1, -0.05) is 36.4 Å². The average Bonchev–Trinajstić information content (AvgIpc) is 2.88. The number of benzene rings is 3. The van der Waals surface area contributed by atoms with Crippen LogP contribution in [0.25, 0.3) is 0 Å². The summed E-state index contributed by atoms with van der Waals surface area (Å²) in [6.45, 7) is 5.21. The number of para-hydroxylation sites is 1. The van der Waals surface area contributed by atoms with Crippen LogP contribution in [-0.2, 0) is 28.9 Å². The van der Waals surface area contributed by atoms with E-state index < -0.39 is 0 Å². The Bertz CT molecular complexity index is 1120. The first-order chi connectivity index (χ1) is 17.1. The molecule has 0 aliphatic carbocycles. The molecule has 0 radical (unpaired) electrons. The maximum absolute atomic E-state index is 14.6. The van der Waals surface area contributed by atoms with Gasteiger partial charge in [0.1, 0.15) is 18.2 Å². The fourth-order valence-corrected chi connectivity index (χ4v) is 4.49. The number of fused-ring (bicyclic) bond motifs is 1. The second-order valence-corrected chi connectivity index (χ2v) is 8.63. The second-order valence-electron chi connectivity index (χ2n) is 8.63. The lowest BCUT2D eigenvalue weighted by Gasteiger charge is -2.32. The summed E-state index contributed by atoms with van der Waals surface area (Å²) in [7, 11) is 0. The van der Waals surface area contributed by atoms with Crippen molar-refractivity contribution in [3.05, 3.63) is 89.2 Å². The number of ether oxygens (including phenoxy) is 2. The predicted octanol–water partition coefficient (Wildman–Crippen LogP) is 5.77. The molecule has 0 amide bonds. The number of nitrogens with zero attached hydrogens (tertiary/aromatic N) is 1. The normalized spacial score (nSPS) is 12.7. The molecule has 0 spiro atoms. The zero-order valence-corrected chi connectivity index (χ0v) is 20.3. The Morgan fingerprint density at radius 3 is 2.71 bits per heavy atom. The zero-order chi connectivity index (χ0) is 24.5. The number of halogens is 1. The average molecular weight is 477 g/mol. The number of hydrogen-bond acceptors (Lipinski definition) is 5. The van der Waals surface area contributed by atoms with Crippen LogP contribution in [0.5, 0.6) is 5.75 Å². The molecule has 0 fully saturated rings. The van der Waals surface area contributed by atoms with E-state index in [9.17, 15) is 9.18 Å². The van der Waals surface area contributed by atoms with Gasteiger partial charge in [0.25, 0.3) is 0 Å². The van der Waals surface area contributed by atoms with Crippen molar-refractivity contribution in [2.45, 2.75) is 39.2 Å². The van der Waals surface area contributed by atoms with Gasteiger partial charge in [-0.15, -0.1) is 0 Å². The summed E-state index contributed by atoms with van der Waals surface area (Å²) in [6.07, 6.45) is 2.64. The molecule has 1 aliphatic heterocycles. The van der Waals surface area contributed by atoms with Crippen LogP contribution in [0.15, 0.2) is 66.7 Å². The molecule has 0 atom stereocenters. The Balaban J connectivity index is 1.35. The topological polar surface area (TPSA) is 50.8 Å². The highest BCUT2D eigenvalue weighted by Gasteiger charge is 2.19. The van der Waals surface area contributed by atoms with Crippen molar-refractivity contribution in [1.82, 2.24) is 0 Å². The number of anilines is 2. The van der Waals surface area contributed by atoms with Gasteiger partial charge in [-0.2, -0.15) is 0 Å². The maximum Gasteiger partial charge on any atom is 0.306 e. The van der Waals surface area contributed by atoms with Gasteiger partial charge in [0.2, 0.25) is 0 Å². The first kappa shape index (κ1) is 24.6. The van der Waals surface area contributed by atoms with E-state index in [-0.39, 0.29) is 18.2 Å². The van der Waals surface area contributed by atoms with E-state index in [0.717, 1.165) is 37.4 Å². The number of aryl methyl sites for hydroxylation is 1. The number of carbonyl (C=O) groups excluding carboxylic acids is 1. The third-order valence-corrected chi connectivity index (χ3v) is 6.26. The molecule has 3 aromatic carbocycles. The predicted molar refractivity (Wildman–Crippen MR) is 138 cm³/mol. The quantitative estimate of drug-likeness (QED) is 0.356. The van der Waals surface area contributed by atoms with E-state index in [0.29, 0.717) is 31.7 Å². The third kappa shape index (κ3) is 6.75. The van der Waals surface area contributed by atoms with Gasteiger partial charge < -0.3 is 19.7 Å². The van der Waals surface area contributed by atoms with Crippen molar-refractivity contribution in [3.8, 4) is 5.75 Å². The maximum atomic E-state index is 14.6. The van der Waals surface area contributed by atoms with Gasteiger partial charge in [-0.05, 0) is 73.2 Å². The van der Waals surface area contributed by atoms with Gasteiger partial charge in [-0.3, -0.25) is 4.79 Å². The molecule has 0 saturated heterocycles. The van der Waals surface area contributed by atoms with Crippen LogP contribution in [0, 0.1) is 5.82 Å². The van der Waals surface area contributed by atoms with Crippen LogP contribution in [0.3, 0.4) is 0 Å². The number of hydrogen-bond donors (Lipinski definition) is 1. The standard InChI is InChI=1S/C29H33FN2O3/c1-2-34-29(33)16-14-22-13-15-24(20-27(22)30)31-21-23-8-6-12-28-26(23)11-7-17-32(28)18-19-35-25-9-4-3-5-10-25/h3-6,8-10,12-13,15,20,31H,2,7,11,14,16-19,21H2,1H3. The number of carbonyl (C=O) groups is 1. The van der Waals surface area contributed by atoms with E-state index in [4.69, 9.17) is 9.47 Å². The smallest absolute Gasteiger partial charge is 0.306 e. The van der Waals surface area contributed by atoms with E-state index in [2.05, 4.69) is 28.4 Å². The largest absolute Gasteiger partial charge is 0.492 e. The van der Waals surface area contributed by atoms with Crippen LogP contribution in [0.2, 0.25) is 0 Å². The molecular weight excluding hydrogens is 443 g/mol. The summed E-state index contributed by atoms with van der Waals surface area (Å²) in [5, 5.41) is 3.37. The third-order valence-electron chi connectivity index (χ3n) is 6.26. The van der Waals surface area contributed by atoms with Crippen molar-refractivity contribution >= 4 is 17.3 Å². The first-order valence-electron chi connectivity index (χ1n) is 12.4. The van der Waals surface area contributed by atoms with Crippen molar-refractivity contribution < 1.29 is 18.7 Å². The minimum Gasteiger partial charge on any atom is -0.492 e. The monoisotopic (exact) mass is 476 g/mol. The van der Waals surface area contributed by atoms with Crippen molar-refractivity contribution in [3.63, 3.8) is 0 Å². The fraction of sp³-hybridized carbons (Fsp3) is 0.345. The number of rotatable bonds is 11. The Hall–Kier alpha value is -3.54. The summed E-state index contributed by atoms with van der Waals surface area (Å²) in [4.78, 5) is 13.9. The molecular formula is C29H33FN2O3. The first-order valence-corrected chi connectivity index (χ1v) is 12.4. The fourth-order valence-electron chi connectivity index (χ4n) is 4.49. The van der Waals surface area contributed by atoms with Gasteiger partial charge in [0.05, 0.1) is 13.2 Å². The summed E-state index contributed by atoms with van der Waals surface area (Å²) < 4.78 is 25.4. The Labute approximate surface area is 206 Å². The molecule has 0 saturated carbocycles. The Morgan fingerprint density at radius 2 is 1.91 bits per heavy atom. The highest BCUT2D eigenvalue weighted by Crippen LogP contribution is 2.30. The lowest BCUT2D eigenvalue weighted by Crippen LogP contribution is -2.33. The highest BCUT2D eigenvalue weighted by atomic mass is 19.1. The molecule has 0 unspecified atom stereocenters. The van der Waals surface area contributed by atoms with Crippen molar-refractivity contribution in [1.29, 1.82) is 0 Å².